The summed E-state index contributed by atoms with van der Waals surface area (Å²) < 4.78 is 13.3. The zero-order chi connectivity index (χ0) is 11.8. The van der Waals surface area contributed by atoms with Crippen LogP contribution in [0.2, 0.25) is 0 Å². The Balaban J connectivity index is 2.11. The largest absolute Gasteiger partial charge is 0.347 e. The summed E-state index contributed by atoms with van der Waals surface area (Å²) in [6.45, 7) is 2.03. The number of benzene rings is 1. The monoisotopic (exact) mass is 285 g/mol. The van der Waals surface area contributed by atoms with Crippen LogP contribution in [0, 0.1) is 5.82 Å². The lowest BCUT2D eigenvalue weighted by Gasteiger charge is -2.39. The lowest BCUT2D eigenvalue weighted by molar-refractivity contribution is 0.0850. The standard InChI is InChI=1S/C12H13BrFNO/c1-12(5-2-6-12)15-11(16)8-3-4-10(14)9(13)7-8/h3-4,7H,2,5-6H2,1H3,(H,15,16). The van der Waals surface area contributed by atoms with E-state index in [0.717, 1.165) is 19.3 Å². The molecule has 1 amide bonds. The first-order valence-corrected chi connectivity index (χ1v) is 6.07. The minimum absolute atomic E-state index is 0.0715. The van der Waals surface area contributed by atoms with Crippen molar-refractivity contribution in [2.75, 3.05) is 0 Å². The van der Waals surface area contributed by atoms with E-state index in [1.54, 1.807) is 0 Å². The van der Waals surface area contributed by atoms with Gasteiger partial charge in [0.25, 0.3) is 5.91 Å². The Morgan fingerprint density at radius 3 is 2.69 bits per heavy atom. The number of halogens is 2. The third-order valence-electron chi connectivity index (χ3n) is 3.05. The molecule has 86 valence electrons. The summed E-state index contributed by atoms with van der Waals surface area (Å²) in [5, 5.41) is 2.97. The lowest BCUT2D eigenvalue weighted by atomic mass is 9.78. The summed E-state index contributed by atoms with van der Waals surface area (Å²) in [6, 6.07) is 4.30. The lowest BCUT2D eigenvalue weighted by Crippen LogP contribution is -2.50. The SMILES string of the molecule is CC1(NC(=O)c2ccc(F)c(Br)c2)CCC1. The number of nitrogens with one attached hydrogen (secondary N) is 1. The van der Waals surface area contributed by atoms with E-state index in [2.05, 4.69) is 21.2 Å². The van der Waals surface area contributed by atoms with Crippen LogP contribution in [-0.4, -0.2) is 11.4 Å². The summed E-state index contributed by atoms with van der Waals surface area (Å²) >= 11 is 3.07. The zero-order valence-corrected chi connectivity index (χ0v) is 10.6. The third kappa shape index (κ3) is 2.26. The molecule has 0 atom stereocenters. The molecule has 1 N–H and O–H groups in total. The maximum Gasteiger partial charge on any atom is 0.251 e. The Kier molecular flexibility index (Phi) is 3.02. The molecule has 16 heavy (non-hydrogen) atoms. The number of hydrogen-bond donors (Lipinski definition) is 1. The number of amides is 1. The highest BCUT2D eigenvalue weighted by Gasteiger charge is 2.33. The molecule has 0 unspecified atom stereocenters. The Hall–Kier alpha value is -0.900. The molecule has 1 aliphatic rings. The van der Waals surface area contributed by atoms with Gasteiger partial charge in [0.1, 0.15) is 5.82 Å². The maximum atomic E-state index is 13.0. The van der Waals surface area contributed by atoms with Crippen LogP contribution in [0.4, 0.5) is 4.39 Å². The van der Waals surface area contributed by atoms with Gasteiger partial charge in [0.05, 0.1) is 4.47 Å². The van der Waals surface area contributed by atoms with E-state index in [4.69, 9.17) is 0 Å². The van der Waals surface area contributed by atoms with E-state index in [1.165, 1.54) is 18.2 Å². The molecular weight excluding hydrogens is 273 g/mol. The van der Waals surface area contributed by atoms with E-state index in [0.29, 0.717) is 10.0 Å². The highest BCUT2D eigenvalue weighted by molar-refractivity contribution is 9.10. The van der Waals surface area contributed by atoms with Crippen LogP contribution >= 0.6 is 15.9 Å². The van der Waals surface area contributed by atoms with Crippen molar-refractivity contribution in [1.82, 2.24) is 5.32 Å². The summed E-state index contributed by atoms with van der Waals surface area (Å²) in [7, 11) is 0. The van der Waals surface area contributed by atoms with Crippen molar-refractivity contribution >= 4 is 21.8 Å². The van der Waals surface area contributed by atoms with Crippen LogP contribution in [0.5, 0.6) is 0 Å². The summed E-state index contributed by atoms with van der Waals surface area (Å²) in [4.78, 5) is 11.9. The highest BCUT2D eigenvalue weighted by Crippen LogP contribution is 2.31. The van der Waals surface area contributed by atoms with E-state index in [1.807, 2.05) is 6.92 Å². The molecule has 1 aliphatic carbocycles. The van der Waals surface area contributed by atoms with Crippen LogP contribution in [0.15, 0.2) is 22.7 Å². The third-order valence-corrected chi connectivity index (χ3v) is 3.66. The molecule has 4 heteroatoms. The maximum absolute atomic E-state index is 13.0. The first-order chi connectivity index (χ1) is 7.50. The first-order valence-electron chi connectivity index (χ1n) is 5.28. The van der Waals surface area contributed by atoms with Gasteiger partial charge in [-0.25, -0.2) is 4.39 Å². The Morgan fingerprint density at radius 1 is 1.50 bits per heavy atom. The molecule has 1 saturated carbocycles. The van der Waals surface area contributed by atoms with Gasteiger partial charge in [-0.3, -0.25) is 4.79 Å². The first kappa shape index (κ1) is 11.6. The molecule has 1 aromatic rings. The average Bonchev–Trinajstić information content (AvgIpc) is 2.19. The minimum Gasteiger partial charge on any atom is -0.347 e. The van der Waals surface area contributed by atoms with Gasteiger partial charge in [0.2, 0.25) is 0 Å². The molecule has 0 bridgehead atoms. The molecule has 0 aromatic heterocycles. The molecule has 0 radical (unpaired) electrons. The van der Waals surface area contributed by atoms with Gasteiger partial charge in [0.15, 0.2) is 0 Å². The van der Waals surface area contributed by atoms with E-state index >= 15 is 0 Å². The van der Waals surface area contributed by atoms with Crippen LogP contribution in [0.3, 0.4) is 0 Å². The van der Waals surface area contributed by atoms with Crippen LogP contribution < -0.4 is 5.32 Å². The second-order valence-electron chi connectivity index (χ2n) is 4.50. The van der Waals surface area contributed by atoms with Crippen molar-refractivity contribution in [3.8, 4) is 0 Å². The summed E-state index contributed by atoms with van der Waals surface area (Å²) in [5.74, 6) is -0.491. The van der Waals surface area contributed by atoms with Gasteiger partial charge < -0.3 is 5.32 Å². The Bertz CT molecular complexity index is 429. The smallest absolute Gasteiger partial charge is 0.251 e. The second kappa shape index (κ2) is 4.17. The van der Waals surface area contributed by atoms with Crippen LogP contribution in [0.1, 0.15) is 36.5 Å². The van der Waals surface area contributed by atoms with Gasteiger partial charge in [0, 0.05) is 11.1 Å². The molecule has 1 aromatic carbocycles. The van der Waals surface area contributed by atoms with Gasteiger partial charge in [-0.2, -0.15) is 0 Å². The fraction of sp³-hybridized carbons (Fsp3) is 0.417. The topological polar surface area (TPSA) is 29.1 Å². The van der Waals surface area contributed by atoms with Crippen LogP contribution in [0.25, 0.3) is 0 Å². The zero-order valence-electron chi connectivity index (χ0n) is 9.02. The van der Waals surface area contributed by atoms with E-state index < -0.39 is 0 Å². The van der Waals surface area contributed by atoms with Crippen molar-refractivity contribution < 1.29 is 9.18 Å². The Morgan fingerprint density at radius 2 is 2.19 bits per heavy atom. The number of carbonyl (C=O) groups excluding carboxylic acids is 1. The van der Waals surface area contributed by atoms with Crippen molar-refractivity contribution in [3.05, 3.63) is 34.1 Å². The summed E-state index contributed by atoms with van der Waals surface area (Å²) in [6.07, 6.45) is 3.19. The van der Waals surface area contributed by atoms with Gasteiger partial charge >= 0.3 is 0 Å². The van der Waals surface area contributed by atoms with E-state index in [9.17, 15) is 9.18 Å². The normalized spacial score (nSPS) is 17.7. The molecule has 0 heterocycles. The van der Waals surface area contributed by atoms with Crippen molar-refractivity contribution in [2.45, 2.75) is 31.7 Å². The van der Waals surface area contributed by atoms with Crippen molar-refractivity contribution in [1.29, 1.82) is 0 Å². The van der Waals surface area contributed by atoms with Gasteiger partial charge in [-0.05, 0) is 60.3 Å². The van der Waals surface area contributed by atoms with Gasteiger partial charge in [-0.15, -0.1) is 0 Å². The number of hydrogen-bond acceptors (Lipinski definition) is 1. The van der Waals surface area contributed by atoms with Crippen molar-refractivity contribution in [2.24, 2.45) is 0 Å². The molecule has 2 nitrogen and oxygen atoms in total. The fourth-order valence-electron chi connectivity index (χ4n) is 1.82. The Labute approximate surface area is 102 Å². The fourth-order valence-corrected chi connectivity index (χ4v) is 2.19. The molecule has 0 aliphatic heterocycles. The van der Waals surface area contributed by atoms with Gasteiger partial charge in [-0.1, -0.05) is 0 Å². The van der Waals surface area contributed by atoms with Crippen molar-refractivity contribution in [3.63, 3.8) is 0 Å². The molecule has 1 fully saturated rings. The molecule has 2 rings (SSSR count). The molecule has 0 spiro atoms. The average molecular weight is 286 g/mol. The quantitative estimate of drug-likeness (QED) is 0.888. The van der Waals surface area contributed by atoms with Crippen LogP contribution in [-0.2, 0) is 0 Å². The highest BCUT2D eigenvalue weighted by atomic mass is 79.9. The second-order valence-corrected chi connectivity index (χ2v) is 5.35. The number of rotatable bonds is 2. The summed E-state index contributed by atoms with van der Waals surface area (Å²) in [5.41, 5.74) is 0.416. The predicted molar refractivity (Wildman–Crippen MR) is 63.8 cm³/mol. The predicted octanol–water partition coefficient (Wildman–Crippen LogP) is 3.26. The molecule has 0 saturated heterocycles. The number of carbonyl (C=O) groups is 1. The van der Waals surface area contributed by atoms with E-state index in [-0.39, 0.29) is 17.3 Å². The minimum atomic E-state index is -0.355. The molecular formula is C12H13BrFNO.